The molecule has 0 spiro atoms. The van der Waals surface area contributed by atoms with Crippen molar-refractivity contribution in [3.63, 3.8) is 0 Å². The Morgan fingerprint density at radius 3 is 2.33 bits per heavy atom. The van der Waals surface area contributed by atoms with E-state index in [1.807, 2.05) is 23.5 Å². The van der Waals surface area contributed by atoms with Crippen molar-refractivity contribution in [3.05, 3.63) is 30.3 Å². The summed E-state index contributed by atoms with van der Waals surface area (Å²) in [6.45, 7) is 6.79. The Balaban J connectivity index is 2.18. The number of rotatable bonds is 9. The fourth-order valence-corrected chi connectivity index (χ4v) is 3.59. The van der Waals surface area contributed by atoms with Gasteiger partial charge in [0.2, 0.25) is 0 Å². The molecule has 18 heavy (non-hydrogen) atoms. The average Bonchev–Trinajstić information content (AvgIpc) is 2.45. The number of hydrogen-bond acceptors (Lipinski definition) is 3. The highest BCUT2D eigenvalue weighted by molar-refractivity contribution is 8.00. The van der Waals surface area contributed by atoms with Crippen LogP contribution >= 0.6 is 23.5 Å². The molecule has 0 atom stereocenters. The van der Waals surface area contributed by atoms with Gasteiger partial charge in [0.25, 0.3) is 0 Å². The Morgan fingerprint density at radius 1 is 1.11 bits per heavy atom. The van der Waals surface area contributed by atoms with Crippen LogP contribution in [0.3, 0.4) is 0 Å². The summed E-state index contributed by atoms with van der Waals surface area (Å²) in [7, 11) is 0. The quantitative estimate of drug-likeness (QED) is 0.536. The summed E-state index contributed by atoms with van der Waals surface area (Å²) in [6.07, 6.45) is 4.71. The number of nitrogens with one attached hydrogen (secondary N) is 1. The molecule has 1 nitrogen and oxygen atoms in total. The van der Waals surface area contributed by atoms with E-state index in [1.165, 1.54) is 17.7 Å². The standard InChI is InChI=1S/C15H25NS2/c1-4-15(5-2,17-3)13-16-11-12-18-14-9-7-6-8-10-14/h6-10,16H,4-5,11-13H2,1-3H3. The molecule has 0 saturated carbocycles. The lowest BCUT2D eigenvalue weighted by Crippen LogP contribution is -2.37. The highest BCUT2D eigenvalue weighted by atomic mass is 32.2. The molecule has 1 aromatic rings. The van der Waals surface area contributed by atoms with Gasteiger partial charge in [-0.1, -0.05) is 32.0 Å². The molecule has 0 aliphatic carbocycles. The Labute approximate surface area is 121 Å². The van der Waals surface area contributed by atoms with Gasteiger partial charge in [-0.2, -0.15) is 11.8 Å². The summed E-state index contributed by atoms with van der Waals surface area (Å²) in [4.78, 5) is 1.36. The lowest BCUT2D eigenvalue weighted by Gasteiger charge is -2.30. The first kappa shape index (κ1) is 15.9. The second-order valence-electron chi connectivity index (χ2n) is 4.43. The van der Waals surface area contributed by atoms with Crippen LogP contribution in [-0.4, -0.2) is 29.8 Å². The van der Waals surface area contributed by atoms with E-state index in [2.05, 4.69) is 55.8 Å². The molecule has 1 N–H and O–H groups in total. The van der Waals surface area contributed by atoms with Gasteiger partial charge in [0.1, 0.15) is 0 Å². The summed E-state index contributed by atoms with van der Waals surface area (Å²) >= 11 is 3.93. The molecule has 0 aliphatic rings. The molecule has 0 bridgehead atoms. The van der Waals surface area contributed by atoms with Gasteiger partial charge in [0.05, 0.1) is 0 Å². The molecular weight excluding hydrogens is 258 g/mol. The normalized spacial score (nSPS) is 11.7. The highest BCUT2D eigenvalue weighted by Gasteiger charge is 2.23. The molecule has 0 fully saturated rings. The molecule has 0 amide bonds. The lowest BCUT2D eigenvalue weighted by molar-refractivity contribution is 0.504. The molecule has 3 heteroatoms. The molecule has 0 aliphatic heterocycles. The van der Waals surface area contributed by atoms with E-state index in [-0.39, 0.29) is 0 Å². The van der Waals surface area contributed by atoms with Crippen molar-refractivity contribution in [1.29, 1.82) is 0 Å². The summed E-state index contributed by atoms with van der Waals surface area (Å²) in [6, 6.07) is 10.6. The van der Waals surface area contributed by atoms with Gasteiger partial charge in [-0.05, 0) is 31.2 Å². The van der Waals surface area contributed by atoms with Crippen molar-refractivity contribution < 1.29 is 0 Å². The zero-order valence-corrected chi connectivity index (χ0v) is 13.4. The molecule has 0 unspecified atom stereocenters. The van der Waals surface area contributed by atoms with Crippen LogP contribution in [0.5, 0.6) is 0 Å². The minimum atomic E-state index is 0.428. The maximum absolute atomic E-state index is 3.61. The van der Waals surface area contributed by atoms with Crippen molar-refractivity contribution in [3.8, 4) is 0 Å². The second kappa shape index (κ2) is 8.89. The first-order valence-corrected chi connectivity index (χ1v) is 8.91. The Kier molecular flexibility index (Phi) is 7.87. The Hall–Kier alpha value is -0.120. The summed E-state index contributed by atoms with van der Waals surface area (Å²) in [5.41, 5.74) is 0. The molecule has 0 aromatic heterocycles. The lowest BCUT2D eigenvalue weighted by atomic mass is 10.0. The van der Waals surface area contributed by atoms with Crippen molar-refractivity contribution in [2.45, 2.75) is 36.3 Å². The van der Waals surface area contributed by atoms with Gasteiger partial charge in [-0.15, -0.1) is 11.8 Å². The smallest absolute Gasteiger partial charge is 0.0276 e. The SMILES string of the molecule is CCC(CC)(CNCCSc1ccccc1)SC. The maximum Gasteiger partial charge on any atom is 0.0276 e. The first-order valence-electron chi connectivity index (χ1n) is 6.70. The van der Waals surface area contributed by atoms with Crippen LogP contribution in [0, 0.1) is 0 Å². The van der Waals surface area contributed by atoms with E-state index in [1.54, 1.807) is 0 Å². The van der Waals surface area contributed by atoms with Crippen molar-refractivity contribution >= 4 is 23.5 Å². The van der Waals surface area contributed by atoms with E-state index >= 15 is 0 Å². The van der Waals surface area contributed by atoms with Crippen LogP contribution in [0.2, 0.25) is 0 Å². The third kappa shape index (κ3) is 5.25. The second-order valence-corrected chi connectivity index (χ2v) is 6.88. The predicted molar refractivity (Wildman–Crippen MR) is 86.9 cm³/mol. The Morgan fingerprint density at radius 2 is 1.78 bits per heavy atom. The van der Waals surface area contributed by atoms with E-state index in [0.29, 0.717) is 4.75 Å². The molecule has 1 aromatic carbocycles. The van der Waals surface area contributed by atoms with E-state index in [9.17, 15) is 0 Å². The fraction of sp³-hybridized carbons (Fsp3) is 0.600. The molecule has 0 heterocycles. The maximum atomic E-state index is 3.61. The van der Waals surface area contributed by atoms with Crippen LogP contribution in [0.4, 0.5) is 0 Å². The van der Waals surface area contributed by atoms with Gasteiger partial charge in [-0.25, -0.2) is 0 Å². The van der Waals surface area contributed by atoms with Gasteiger partial charge < -0.3 is 5.32 Å². The summed E-state index contributed by atoms with van der Waals surface area (Å²) in [5.74, 6) is 1.14. The van der Waals surface area contributed by atoms with Gasteiger partial charge in [0, 0.05) is 28.5 Å². The molecule has 102 valence electrons. The fourth-order valence-electron chi connectivity index (χ4n) is 1.93. The zero-order chi connectivity index (χ0) is 13.3. The van der Waals surface area contributed by atoms with Crippen LogP contribution in [0.25, 0.3) is 0 Å². The number of hydrogen-bond donors (Lipinski definition) is 1. The largest absolute Gasteiger partial charge is 0.315 e. The third-order valence-corrected chi connectivity index (χ3v) is 6.06. The Bertz CT molecular complexity index is 301. The molecule has 0 radical (unpaired) electrons. The number of benzene rings is 1. The number of thioether (sulfide) groups is 2. The zero-order valence-electron chi connectivity index (χ0n) is 11.7. The van der Waals surface area contributed by atoms with Gasteiger partial charge >= 0.3 is 0 Å². The topological polar surface area (TPSA) is 12.0 Å². The minimum Gasteiger partial charge on any atom is -0.315 e. The van der Waals surface area contributed by atoms with Crippen molar-refractivity contribution in [2.75, 3.05) is 25.1 Å². The van der Waals surface area contributed by atoms with Crippen LogP contribution < -0.4 is 5.32 Å². The molecular formula is C15H25NS2. The van der Waals surface area contributed by atoms with E-state index < -0.39 is 0 Å². The average molecular weight is 284 g/mol. The van der Waals surface area contributed by atoms with Gasteiger partial charge in [0.15, 0.2) is 0 Å². The highest BCUT2D eigenvalue weighted by Crippen LogP contribution is 2.29. The van der Waals surface area contributed by atoms with E-state index in [4.69, 9.17) is 0 Å². The predicted octanol–water partition coefficient (Wildman–Crippen LogP) is 4.29. The third-order valence-electron chi connectivity index (χ3n) is 3.46. The van der Waals surface area contributed by atoms with Gasteiger partial charge in [-0.3, -0.25) is 0 Å². The van der Waals surface area contributed by atoms with Crippen LogP contribution in [-0.2, 0) is 0 Å². The molecule has 1 rings (SSSR count). The van der Waals surface area contributed by atoms with Crippen LogP contribution in [0.1, 0.15) is 26.7 Å². The summed E-state index contributed by atoms with van der Waals surface area (Å²) in [5, 5.41) is 3.61. The van der Waals surface area contributed by atoms with Crippen molar-refractivity contribution in [2.24, 2.45) is 0 Å². The summed E-state index contributed by atoms with van der Waals surface area (Å²) < 4.78 is 0.428. The van der Waals surface area contributed by atoms with Crippen molar-refractivity contribution in [1.82, 2.24) is 5.32 Å². The molecule has 0 saturated heterocycles. The van der Waals surface area contributed by atoms with Crippen LogP contribution in [0.15, 0.2) is 35.2 Å². The minimum absolute atomic E-state index is 0.428. The first-order chi connectivity index (χ1) is 8.76. The monoisotopic (exact) mass is 283 g/mol. The van der Waals surface area contributed by atoms with E-state index in [0.717, 1.165) is 18.8 Å².